The molecule has 8 nitrogen and oxygen atoms in total. The van der Waals surface area contributed by atoms with Crippen LogP contribution < -0.4 is 16.0 Å². The summed E-state index contributed by atoms with van der Waals surface area (Å²) in [6.07, 6.45) is 7.86. The number of amides is 1. The Bertz CT molecular complexity index is 612. The zero-order valence-electron chi connectivity index (χ0n) is 15.2. The number of likely N-dealkylation sites (tertiary alicyclic amines) is 1. The lowest BCUT2D eigenvalue weighted by atomic mass is 9.79. The molecule has 1 atom stereocenters. The predicted octanol–water partition coefficient (Wildman–Crippen LogP) is 1.07. The first-order chi connectivity index (χ1) is 12.2. The lowest BCUT2D eigenvalue weighted by molar-refractivity contribution is -0.119. The zero-order chi connectivity index (χ0) is 17.5. The molecule has 1 aromatic rings. The van der Waals surface area contributed by atoms with Gasteiger partial charge in [-0.25, -0.2) is 4.98 Å². The number of guanidine groups is 1. The molecule has 1 aromatic heterocycles. The molecule has 0 aliphatic carbocycles. The number of piperidine rings is 1. The van der Waals surface area contributed by atoms with Crippen LogP contribution in [-0.4, -0.2) is 66.0 Å². The number of rotatable bonds is 5. The van der Waals surface area contributed by atoms with Crippen LogP contribution in [0, 0.1) is 5.41 Å². The minimum atomic E-state index is 0. The summed E-state index contributed by atoms with van der Waals surface area (Å²) >= 11 is 0. The van der Waals surface area contributed by atoms with E-state index in [0.29, 0.717) is 19.5 Å². The Morgan fingerprint density at radius 3 is 3.04 bits per heavy atom. The zero-order valence-corrected chi connectivity index (χ0v) is 17.5. The van der Waals surface area contributed by atoms with Crippen LogP contribution in [0.15, 0.2) is 23.6 Å². The van der Waals surface area contributed by atoms with Gasteiger partial charge in [-0.3, -0.25) is 14.8 Å². The second-order valence-electron chi connectivity index (χ2n) is 6.73. The summed E-state index contributed by atoms with van der Waals surface area (Å²) in [5.74, 6) is 1.87. The normalized spacial score (nSPS) is 22.7. The second-order valence-corrected chi connectivity index (χ2v) is 6.73. The van der Waals surface area contributed by atoms with Gasteiger partial charge in [0.05, 0.1) is 12.7 Å². The summed E-state index contributed by atoms with van der Waals surface area (Å²) in [6, 6.07) is 0. The molecule has 2 aliphatic heterocycles. The van der Waals surface area contributed by atoms with Crippen molar-refractivity contribution in [2.45, 2.75) is 26.2 Å². The molecule has 0 radical (unpaired) electrons. The van der Waals surface area contributed by atoms with Crippen molar-refractivity contribution in [2.24, 2.45) is 10.4 Å². The molecule has 2 fully saturated rings. The van der Waals surface area contributed by atoms with Crippen molar-refractivity contribution in [3.05, 3.63) is 18.6 Å². The quantitative estimate of drug-likeness (QED) is 0.257. The molecule has 0 saturated carbocycles. The third kappa shape index (κ3) is 5.42. The molecule has 9 heteroatoms. The molecule has 3 rings (SSSR count). The van der Waals surface area contributed by atoms with Gasteiger partial charge in [0, 0.05) is 57.0 Å². The van der Waals surface area contributed by atoms with E-state index in [0.717, 1.165) is 50.8 Å². The number of carbonyl (C=O) groups excluding carboxylic acids is 1. The fraction of sp³-hybridized carbons (Fsp3) is 0.647. The fourth-order valence-corrected chi connectivity index (χ4v) is 3.59. The molecule has 0 aromatic carbocycles. The first kappa shape index (κ1) is 20.7. The molecule has 3 heterocycles. The van der Waals surface area contributed by atoms with Gasteiger partial charge in [-0.15, -0.1) is 24.0 Å². The molecule has 3 N–H and O–H groups in total. The van der Waals surface area contributed by atoms with E-state index >= 15 is 0 Å². The third-order valence-electron chi connectivity index (χ3n) is 4.73. The average molecular weight is 473 g/mol. The summed E-state index contributed by atoms with van der Waals surface area (Å²) in [5.41, 5.74) is 0.0728. The number of anilines is 1. The number of aliphatic imine (C=N–C) groups is 1. The maximum atomic E-state index is 11.7. The molecule has 2 saturated heterocycles. The maximum Gasteiger partial charge on any atom is 0.220 e. The van der Waals surface area contributed by atoms with Gasteiger partial charge in [0.15, 0.2) is 5.96 Å². The number of hydrogen-bond donors (Lipinski definition) is 3. The minimum absolute atomic E-state index is 0. The first-order valence-electron chi connectivity index (χ1n) is 9.01. The van der Waals surface area contributed by atoms with Crippen molar-refractivity contribution in [2.75, 3.05) is 44.6 Å². The standard InChI is InChI=1S/C17H27N7O.HI/c1-2-19-16(22-8-7-21-14-11-18-5-6-20-14)24-9-3-4-17(13-24)10-15(25)23-12-17;/h5-6,11H,2-4,7-10,12-13H2,1H3,(H,19,22)(H,20,21)(H,23,25);1H. The van der Waals surface area contributed by atoms with E-state index in [-0.39, 0.29) is 35.3 Å². The highest BCUT2D eigenvalue weighted by Crippen LogP contribution is 2.35. The number of hydrogen-bond acceptors (Lipinski definition) is 5. The van der Waals surface area contributed by atoms with Crippen molar-refractivity contribution in [1.82, 2.24) is 25.5 Å². The van der Waals surface area contributed by atoms with Gasteiger partial charge in [0.1, 0.15) is 5.82 Å². The van der Waals surface area contributed by atoms with Gasteiger partial charge < -0.3 is 20.9 Å². The molecule has 144 valence electrons. The number of halogens is 1. The number of carbonyl (C=O) groups is 1. The van der Waals surface area contributed by atoms with Gasteiger partial charge in [-0.2, -0.15) is 0 Å². The van der Waals surface area contributed by atoms with E-state index < -0.39 is 0 Å². The molecule has 1 unspecified atom stereocenters. The molecule has 2 aliphatic rings. The van der Waals surface area contributed by atoms with Gasteiger partial charge in [0.2, 0.25) is 5.91 Å². The topological polar surface area (TPSA) is 94.5 Å². The minimum Gasteiger partial charge on any atom is -0.367 e. The van der Waals surface area contributed by atoms with E-state index in [9.17, 15) is 4.79 Å². The smallest absolute Gasteiger partial charge is 0.220 e. The Morgan fingerprint density at radius 1 is 1.46 bits per heavy atom. The van der Waals surface area contributed by atoms with Crippen LogP contribution >= 0.6 is 24.0 Å². The lowest BCUT2D eigenvalue weighted by Crippen LogP contribution is -2.51. The van der Waals surface area contributed by atoms with Crippen molar-refractivity contribution >= 4 is 41.7 Å². The Kier molecular flexibility index (Phi) is 7.85. The number of nitrogens with zero attached hydrogens (tertiary/aromatic N) is 4. The molecule has 0 bridgehead atoms. The average Bonchev–Trinajstić information content (AvgIpc) is 2.98. The summed E-state index contributed by atoms with van der Waals surface area (Å²) in [5, 5.41) is 9.59. The largest absolute Gasteiger partial charge is 0.367 e. The van der Waals surface area contributed by atoms with Crippen LogP contribution in [-0.2, 0) is 4.79 Å². The van der Waals surface area contributed by atoms with E-state index in [2.05, 4.69) is 37.7 Å². The van der Waals surface area contributed by atoms with E-state index in [4.69, 9.17) is 4.99 Å². The van der Waals surface area contributed by atoms with Gasteiger partial charge in [-0.1, -0.05) is 0 Å². The van der Waals surface area contributed by atoms with Crippen molar-refractivity contribution < 1.29 is 4.79 Å². The van der Waals surface area contributed by atoms with Crippen LogP contribution in [0.3, 0.4) is 0 Å². The molecular formula is C17H28IN7O. The van der Waals surface area contributed by atoms with Crippen LogP contribution in [0.1, 0.15) is 26.2 Å². The monoisotopic (exact) mass is 473 g/mol. The Labute approximate surface area is 171 Å². The van der Waals surface area contributed by atoms with Crippen LogP contribution in [0.2, 0.25) is 0 Å². The van der Waals surface area contributed by atoms with Crippen LogP contribution in [0.25, 0.3) is 0 Å². The summed E-state index contributed by atoms with van der Waals surface area (Å²) < 4.78 is 0. The molecule has 1 amide bonds. The summed E-state index contributed by atoms with van der Waals surface area (Å²) in [6.45, 7) is 6.92. The highest BCUT2D eigenvalue weighted by molar-refractivity contribution is 14.0. The van der Waals surface area contributed by atoms with E-state index in [1.807, 2.05) is 0 Å². The lowest BCUT2D eigenvalue weighted by Gasteiger charge is -2.40. The summed E-state index contributed by atoms with van der Waals surface area (Å²) in [4.78, 5) is 26.9. The van der Waals surface area contributed by atoms with Crippen LogP contribution in [0.4, 0.5) is 5.82 Å². The second kappa shape index (κ2) is 9.89. The molecular weight excluding hydrogens is 445 g/mol. The third-order valence-corrected chi connectivity index (χ3v) is 4.73. The first-order valence-corrected chi connectivity index (χ1v) is 9.01. The van der Waals surface area contributed by atoms with E-state index in [1.54, 1.807) is 18.6 Å². The van der Waals surface area contributed by atoms with Gasteiger partial charge >= 0.3 is 0 Å². The van der Waals surface area contributed by atoms with Gasteiger partial charge in [0.25, 0.3) is 0 Å². The molecule has 26 heavy (non-hydrogen) atoms. The number of aromatic nitrogens is 2. The van der Waals surface area contributed by atoms with Crippen LogP contribution in [0.5, 0.6) is 0 Å². The van der Waals surface area contributed by atoms with Crippen molar-refractivity contribution in [3.63, 3.8) is 0 Å². The molecule has 1 spiro atoms. The SMILES string of the molecule is CCNC(=NCCNc1cnccn1)N1CCCC2(CNC(=O)C2)C1.I. The highest BCUT2D eigenvalue weighted by atomic mass is 127. The van der Waals surface area contributed by atoms with Crippen molar-refractivity contribution in [3.8, 4) is 0 Å². The Balaban J connectivity index is 0.00000243. The Morgan fingerprint density at radius 2 is 2.35 bits per heavy atom. The summed E-state index contributed by atoms with van der Waals surface area (Å²) in [7, 11) is 0. The van der Waals surface area contributed by atoms with Gasteiger partial charge in [-0.05, 0) is 19.8 Å². The predicted molar refractivity (Wildman–Crippen MR) is 113 cm³/mol. The highest BCUT2D eigenvalue weighted by Gasteiger charge is 2.42. The fourth-order valence-electron chi connectivity index (χ4n) is 3.59. The Hall–Kier alpha value is -1.65. The maximum absolute atomic E-state index is 11.7. The van der Waals surface area contributed by atoms with E-state index in [1.165, 1.54) is 0 Å². The van der Waals surface area contributed by atoms with Crippen molar-refractivity contribution in [1.29, 1.82) is 0 Å². The number of nitrogens with one attached hydrogen (secondary N) is 3.